The highest BCUT2D eigenvalue weighted by atomic mass is 79.9. The molecule has 3 nitrogen and oxygen atoms in total. The Hall–Kier alpha value is -1.81. The van der Waals surface area contributed by atoms with Crippen LogP contribution in [0.15, 0.2) is 46.9 Å². The van der Waals surface area contributed by atoms with Gasteiger partial charge in [-0.1, -0.05) is 34.1 Å². The molecule has 1 unspecified atom stereocenters. The standard InChI is InChI=1S/C21H24BrNO2/c1-23(2)21(24)13-17-5-3-4-16-12-19(10-11-20(16)17)25-14-15-6-8-18(22)9-7-15/h6-12,17H,3-5,13-14H2,1-2H3. The fourth-order valence-electron chi connectivity index (χ4n) is 3.33. The fourth-order valence-corrected chi connectivity index (χ4v) is 3.60. The summed E-state index contributed by atoms with van der Waals surface area (Å²) < 4.78 is 7.03. The number of amides is 1. The zero-order chi connectivity index (χ0) is 17.8. The summed E-state index contributed by atoms with van der Waals surface area (Å²) in [7, 11) is 3.65. The molecule has 2 aromatic carbocycles. The van der Waals surface area contributed by atoms with Gasteiger partial charge in [0.05, 0.1) is 0 Å². The third-order valence-electron chi connectivity index (χ3n) is 4.79. The normalized spacial score (nSPS) is 16.2. The molecule has 0 spiro atoms. The van der Waals surface area contributed by atoms with Crippen molar-refractivity contribution < 1.29 is 9.53 Å². The Morgan fingerprint density at radius 2 is 1.96 bits per heavy atom. The Kier molecular flexibility index (Phi) is 5.79. The van der Waals surface area contributed by atoms with Crippen LogP contribution in [-0.4, -0.2) is 24.9 Å². The number of nitrogens with zero attached hydrogens (tertiary/aromatic N) is 1. The number of fused-ring (bicyclic) bond motifs is 1. The van der Waals surface area contributed by atoms with E-state index >= 15 is 0 Å². The summed E-state index contributed by atoms with van der Waals surface area (Å²) in [6.45, 7) is 0.564. The van der Waals surface area contributed by atoms with Crippen molar-refractivity contribution in [3.05, 3.63) is 63.6 Å². The van der Waals surface area contributed by atoms with E-state index in [0.29, 0.717) is 18.9 Å². The molecule has 0 heterocycles. The van der Waals surface area contributed by atoms with E-state index in [1.165, 1.54) is 11.1 Å². The van der Waals surface area contributed by atoms with Gasteiger partial charge in [-0.15, -0.1) is 0 Å². The van der Waals surface area contributed by atoms with Crippen LogP contribution in [0.4, 0.5) is 0 Å². The van der Waals surface area contributed by atoms with Crippen LogP contribution in [-0.2, 0) is 17.8 Å². The van der Waals surface area contributed by atoms with Crippen molar-refractivity contribution in [3.63, 3.8) is 0 Å². The van der Waals surface area contributed by atoms with Crippen LogP contribution in [0.3, 0.4) is 0 Å². The minimum absolute atomic E-state index is 0.202. The number of hydrogen-bond acceptors (Lipinski definition) is 2. The molecule has 0 aromatic heterocycles. The van der Waals surface area contributed by atoms with Crippen molar-refractivity contribution in [2.75, 3.05) is 14.1 Å². The molecule has 4 heteroatoms. The molecule has 3 rings (SSSR count). The first-order valence-corrected chi connectivity index (χ1v) is 9.52. The van der Waals surface area contributed by atoms with Crippen LogP contribution in [0.5, 0.6) is 5.75 Å². The van der Waals surface area contributed by atoms with Crippen LogP contribution in [0, 0.1) is 0 Å². The molecule has 1 aliphatic carbocycles. The molecule has 1 atom stereocenters. The number of rotatable bonds is 5. The average molecular weight is 402 g/mol. The van der Waals surface area contributed by atoms with Crippen molar-refractivity contribution in [2.45, 2.75) is 38.2 Å². The van der Waals surface area contributed by atoms with Crippen LogP contribution in [0.1, 0.15) is 41.9 Å². The molecule has 0 aliphatic heterocycles. The largest absolute Gasteiger partial charge is 0.489 e. The number of benzene rings is 2. The molecule has 2 aromatic rings. The minimum Gasteiger partial charge on any atom is -0.489 e. The van der Waals surface area contributed by atoms with Crippen LogP contribution in [0.2, 0.25) is 0 Å². The quantitative estimate of drug-likeness (QED) is 0.710. The second-order valence-corrected chi connectivity index (χ2v) is 7.77. The van der Waals surface area contributed by atoms with E-state index in [9.17, 15) is 4.79 Å². The summed E-state index contributed by atoms with van der Waals surface area (Å²) in [6.07, 6.45) is 3.89. The predicted molar refractivity (Wildman–Crippen MR) is 104 cm³/mol. The Bertz CT molecular complexity index is 740. The molecule has 0 fully saturated rings. The van der Waals surface area contributed by atoms with Gasteiger partial charge in [-0.2, -0.15) is 0 Å². The highest BCUT2D eigenvalue weighted by Gasteiger charge is 2.23. The van der Waals surface area contributed by atoms with Crippen molar-refractivity contribution in [1.82, 2.24) is 4.90 Å². The van der Waals surface area contributed by atoms with Crippen molar-refractivity contribution >= 4 is 21.8 Å². The lowest BCUT2D eigenvalue weighted by molar-refractivity contribution is -0.129. The van der Waals surface area contributed by atoms with Gasteiger partial charge in [0.1, 0.15) is 12.4 Å². The van der Waals surface area contributed by atoms with Crippen molar-refractivity contribution in [3.8, 4) is 5.75 Å². The Morgan fingerprint density at radius 1 is 1.20 bits per heavy atom. The second kappa shape index (κ2) is 8.05. The lowest BCUT2D eigenvalue weighted by Gasteiger charge is -2.26. The van der Waals surface area contributed by atoms with Crippen LogP contribution in [0.25, 0.3) is 0 Å². The second-order valence-electron chi connectivity index (χ2n) is 6.86. The third kappa shape index (κ3) is 4.63. The van der Waals surface area contributed by atoms with Gasteiger partial charge < -0.3 is 9.64 Å². The number of ether oxygens (including phenoxy) is 1. The maximum absolute atomic E-state index is 12.1. The number of carbonyl (C=O) groups is 1. The van der Waals surface area contributed by atoms with Gasteiger partial charge in [0, 0.05) is 25.0 Å². The topological polar surface area (TPSA) is 29.5 Å². The summed E-state index contributed by atoms with van der Waals surface area (Å²) in [4.78, 5) is 13.8. The first-order chi connectivity index (χ1) is 12.0. The molecular formula is C21H24BrNO2. The van der Waals surface area contributed by atoms with Crippen LogP contribution >= 0.6 is 15.9 Å². The van der Waals surface area contributed by atoms with Gasteiger partial charge >= 0.3 is 0 Å². The molecule has 132 valence electrons. The fraction of sp³-hybridized carbons (Fsp3) is 0.381. The molecule has 0 bridgehead atoms. The van der Waals surface area contributed by atoms with Gasteiger partial charge in [0.2, 0.25) is 5.91 Å². The summed E-state index contributed by atoms with van der Waals surface area (Å²) in [5, 5.41) is 0. The van der Waals surface area contributed by atoms with E-state index in [-0.39, 0.29) is 5.91 Å². The molecule has 0 N–H and O–H groups in total. The number of aryl methyl sites for hydroxylation is 1. The zero-order valence-corrected chi connectivity index (χ0v) is 16.4. The van der Waals surface area contributed by atoms with Crippen molar-refractivity contribution in [2.24, 2.45) is 0 Å². The molecule has 0 saturated heterocycles. The lowest BCUT2D eigenvalue weighted by atomic mass is 9.81. The average Bonchev–Trinajstić information content (AvgIpc) is 2.61. The first kappa shape index (κ1) is 18.0. The smallest absolute Gasteiger partial charge is 0.222 e. The maximum atomic E-state index is 12.1. The third-order valence-corrected chi connectivity index (χ3v) is 5.32. The molecule has 25 heavy (non-hydrogen) atoms. The molecule has 0 saturated carbocycles. The number of carbonyl (C=O) groups excluding carboxylic acids is 1. The monoisotopic (exact) mass is 401 g/mol. The maximum Gasteiger partial charge on any atom is 0.222 e. The molecule has 1 aliphatic rings. The van der Waals surface area contributed by atoms with Gasteiger partial charge in [0.15, 0.2) is 0 Å². The van der Waals surface area contributed by atoms with E-state index in [1.807, 2.05) is 32.3 Å². The number of hydrogen-bond donors (Lipinski definition) is 0. The van der Waals surface area contributed by atoms with E-state index in [1.54, 1.807) is 4.90 Å². The van der Waals surface area contributed by atoms with Crippen molar-refractivity contribution in [1.29, 1.82) is 0 Å². The van der Waals surface area contributed by atoms with Gasteiger partial charge in [-0.3, -0.25) is 4.79 Å². The zero-order valence-electron chi connectivity index (χ0n) is 14.8. The van der Waals surface area contributed by atoms with E-state index in [2.05, 4.69) is 40.2 Å². The van der Waals surface area contributed by atoms with Gasteiger partial charge in [-0.05, 0) is 66.1 Å². The van der Waals surface area contributed by atoms with Crippen LogP contribution < -0.4 is 4.74 Å². The van der Waals surface area contributed by atoms with E-state index in [4.69, 9.17) is 4.74 Å². The summed E-state index contributed by atoms with van der Waals surface area (Å²) in [5.41, 5.74) is 3.80. The van der Waals surface area contributed by atoms with E-state index < -0.39 is 0 Å². The van der Waals surface area contributed by atoms with Gasteiger partial charge in [-0.25, -0.2) is 0 Å². The Balaban J connectivity index is 1.68. The molecule has 1 amide bonds. The summed E-state index contributed by atoms with van der Waals surface area (Å²) in [6, 6.07) is 14.5. The summed E-state index contributed by atoms with van der Waals surface area (Å²) >= 11 is 3.45. The highest BCUT2D eigenvalue weighted by Crippen LogP contribution is 2.36. The Morgan fingerprint density at radius 3 is 2.68 bits per heavy atom. The van der Waals surface area contributed by atoms with E-state index in [0.717, 1.165) is 35.0 Å². The Labute approximate surface area is 158 Å². The SMILES string of the molecule is CN(C)C(=O)CC1CCCc2cc(OCc3ccc(Br)cc3)ccc21. The lowest BCUT2D eigenvalue weighted by Crippen LogP contribution is -2.25. The highest BCUT2D eigenvalue weighted by molar-refractivity contribution is 9.10. The first-order valence-electron chi connectivity index (χ1n) is 8.73. The summed E-state index contributed by atoms with van der Waals surface area (Å²) in [5.74, 6) is 1.44. The minimum atomic E-state index is 0.202. The van der Waals surface area contributed by atoms with Gasteiger partial charge in [0.25, 0.3) is 0 Å². The molecular weight excluding hydrogens is 378 g/mol. The predicted octanol–water partition coefficient (Wildman–Crippen LogP) is 4.93. The number of halogens is 1. The molecule has 0 radical (unpaired) electrons.